The highest BCUT2D eigenvalue weighted by atomic mass is 33.1. The second-order valence-corrected chi connectivity index (χ2v) is 16.5. The first kappa shape index (κ1) is 23.4. The average molecular weight is 465 g/mol. The maximum atomic E-state index is 6.74. The highest BCUT2D eigenvalue weighted by Gasteiger charge is 2.75. The molecule has 1 nitrogen and oxygen atoms in total. The Kier molecular flexibility index (Phi) is 6.12. The smallest absolute Gasteiger partial charge is 0.101 e. The molecule has 1 aliphatic heterocycles. The summed E-state index contributed by atoms with van der Waals surface area (Å²) in [6.07, 6.45) is 20.2. The molecule has 1 heterocycles. The highest BCUT2D eigenvalue weighted by molar-refractivity contribution is 8.76. The van der Waals surface area contributed by atoms with Crippen molar-refractivity contribution < 1.29 is 4.74 Å². The van der Waals surface area contributed by atoms with Crippen LogP contribution in [0, 0.1) is 39.9 Å². The number of unbranched alkanes of at least 4 members (excludes halogenated alkanes) is 1. The van der Waals surface area contributed by atoms with E-state index in [0.29, 0.717) is 22.3 Å². The van der Waals surface area contributed by atoms with E-state index in [1.54, 1.807) is 0 Å². The van der Waals surface area contributed by atoms with E-state index < -0.39 is 0 Å². The van der Waals surface area contributed by atoms with Crippen molar-refractivity contribution in [2.75, 3.05) is 6.26 Å². The van der Waals surface area contributed by atoms with E-state index in [2.05, 4.69) is 51.7 Å². The largest absolute Gasteiger partial charge is 0.365 e. The molecule has 0 amide bonds. The Morgan fingerprint density at radius 2 is 1.77 bits per heavy atom. The fourth-order valence-electron chi connectivity index (χ4n) is 9.49. The van der Waals surface area contributed by atoms with E-state index in [-0.39, 0.29) is 5.60 Å². The lowest BCUT2D eigenvalue weighted by Gasteiger charge is -2.59. The molecule has 0 aromatic rings. The first-order valence-corrected chi connectivity index (χ1v) is 16.1. The van der Waals surface area contributed by atoms with Crippen molar-refractivity contribution in [3.63, 3.8) is 0 Å². The van der Waals surface area contributed by atoms with Crippen molar-refractivity contribution in [1.82, 2.24) is 0 Å². The summed E-state index contributed by atoms with van der Waals surface area (Å²) < 4.78 is 6.74. The molecule has 5 fully saturated rings. The summed E-state index contributed by atoms with van der Waals surface area (Å²) in [6.45, 7) is 12.6. The molecule has 4 saturated carbocycles. The molecule has 0 aromatic heterocycles. The Morgan fingerprint density at radius 1 is 0.968 bits per heavy atom. The predicted molar refractivity (Wildman–Crippen MR) is 138 cm³/mol. The molecule has 1 saturated heterocycles. The van der Waals surface area contributed by atoms with Gasteiger partial charge in [-0.2, -0.15) is 0 Å². The van der Waals surface area contributed by atoms with Gasteiger partial charge in [-0.05, 0) is 105 Å². The van der Waals surface area contributed by atoms with Gasteiger partial charge in [0.15, 0.2) is 0 Å². The number of rotatable bonds is 6. The third kappa shape index (κ3) is 3.78. The van der Waals surface area contributed by atoms with Crippen LogP contribution in [0.1, 0.15) is 112 Å². The van der Waals surface area contributed by atoms with Crippen molar-refractivity contribution in [3.8, 4) is 0 Å². The third-order valence-electron chi connectivity index (χ3n) is 11.2. The molecule has 5 rings (SSSR count). The third-order valence-corrected chi connectivity index (χ3v) is 13.5. The molecule has 3 heteroatoms. The maximum Gasteiger partial charge on any atom is 0.101 e. The van der Waals surface area contributed by atoms with Gasteiger partial charge >= 0.3 is 0 Å². The Hall–Kier alpha value is 0.660. The molecule has 9 unspecified atom stereocenters. The zero-order valence-electron chi connectivity index (χ0n) is 21.2. The molecule has 1 spiro atoms. The van der Waals surface area contributed by atoms with E-state index in [0.717, 1.165) is 28.9 Å². The lowest BCUT2D eigenvalue weighted by Crippen LogP contribution is -2.58. The van der Waals surface area contributed by atoms with E-state index in [1.165, 1.54) is 77.0 Å². The monoisotopic (exact) mass is 464 g/mol. The molecule has 4 aliphatic carbocycles. The second kappa shape index (κ2) is 8.11. The summed E-state index contributed by atoms with van der Waals surface area (Å²) in [5.41, 5.74) is 1.85. The van der Waals surface area contributed by atoms with Crippen LogP contribution in [-0.2, 0) is 4.74 Å². The van der Waals surface area contributed by atoms with Crippen LogP contribution in [0.25, 0.3) is 0 Å². The summed E-state index contributed by atoms with van der Waals surface area (Å²) in [7, 11) is 4.09. The van der Waals surface area contributed by atoms with Crippen molar-refractivity contribution in [3.05, 3.63) is 0 Å². The number of hydrogen-bond acceptors (Lipinski definition) is 3. The number of epoxide rings is 1. The lowest BCUT2D eigenvalue weighted by molar-refractivity contribution is -0.0957. The average Bonchev–Trinajstić information content (AvgIpc) is 3.29. The molecule has 0 radical (unpaired) electrons. The molecule has 0 bridgehead atoms. The molecular formula is C28H48OS2. The van der Waals surface area contributed by atoms with Gasteiger partial charge in [0, 0.05) is 10.7 Å². The summed E-state index contributed by atoms with van der Waals surface area (Å²) in [6, 6.07) is 0. The van der Waals surface area contributed by atoms with Crippen LogP contribution in [-0.4, -0.2) is 23.2 Å². The Bertz CT molecular complexity index is 672. The van der Waals surface area contributed by atoms with Crippen LogP contribution in [0.15, 0.2) is 0 Å². The molecule has 31 heavy (non-hydrogen) atoms. The second-order valence-electron chi connectivity index (χ2n) is 13.8. The van der Waals surface area contributed by atoms with Gasteiger partial charge in [-0.1, -0.05) is 69.0 Å². The predicted octanol–water partition coefficient (Wildman–Crippen LogP) is 8.76. The van der Waals surface area contributed by atoms with Crippen molar-refractivity contribution >= 4 is 21.6 Å². The normalized spacial score (nSPS) is 50.9. The Morgan fingerprint density at radius 3 is 2.52 bits per heavy atom. The summed E-state index contributed by atoms with van der Waals surface area (Å²) in [5.74, 6) is 3.86. The Labute approximate surface area is 200 Å². The van der Waals surface area contributed by atoms with Gasteiger partial charge in [0.1, 0.15) is 5.60 Å². The summed E-state index contributed by atoms with van der Waals surface area (Å²) >= 11 is 0. The fraction of sp³-hybridized carbons (Fsp3) is 1.00. The standard InChI is InChI=1S/C28H48OS2/c1-25(2,3)14-8-7-9-19-10-11-22-21-17-24-28(29-24)18-20(31-30-6)12-16-27(28,5)23(21)13-15-26(19,22)4/h19-24H,7-18H2,1-6H3. The minimum Gasteiger partial charge on any atom is -0.365 e. The van der Waals surface area contributed by atoms with Gasteiger partial charge in [0.05, 0.1) is 6.10 Å². The van der Waals surface area contributed by atoms with Crippen LogP contribution in [0.2, 0.25) is 0 Å². The highest BCUT2D eigenvalue weighted by Crippen LogP contribution is 2.74. The number of fused-ring (bicyclic) bond motifs is 4. The van der Waals surface area contributed by atoms with Crippen LogP contribution >= 0.6 is 21.6 Å². The van der Waals surface area contributed by atoms with Gasteiger partial charge in [-0.25, -0.2) is 0 Å². The molecular weight excluding hydrogens is 416 g/mol. The van der Waals surface area contributed by atoms with Gasteiger partial charge in [0.25, 0.3) is 0 Å². The van der Waals surface area contributed by atoms with Crippen LogP contribution in [0.3, 0.4) is 0 Å². The van der Waals surface area contributed by atoms with Gasteiger partial charge in [-0.15, -0.1) is 0 Å². The van der Waals surface area contributed by atoms with Crippen molar-refractivity contribution in [1.29, 1.82) is 0 Å². The molecule has 0 N–H and O–H groups in total. The first-order valence-electron chi connectivity index (χ1n) is 13.5. The topological polar surface area (TPSA) is 12.5 Å². The van der Waals surface area contributed by atoms with E-state index in [1.807, 2.05) is 10.8 Å². The summed E-state index contributed by atoms with van der Waals surface area (Å²) in [5, 5.41) is 0.822. The van der Waals surface area contributed by atoms with Gasteiger partial charge in [-0.3, -0.25) is 0 Å². The lowest BCUT2D eigenvalue weighted by atomic mass is 9.44. The van der Waals surface area contributed by atoms with E-state index in [4.69, 9.17) is 4.74 Å². The number of ether oxygens (including phenoxy) is 1. The van der Waals surface area contributed by atoms with Crippen LogP contribution in [0.5, 0.6) is 0 Å². The molecule has 5 aliphatic rings. The van der Waals surface area contributed by atoms with Crippen molar-refractivity contribution in [2.24, 2.45) is 39.9 Å². The first-order chi connectivity index (χ1) is 14.6. The maximum absolute atomic E-state index is 6.74. The number of hydrogen-bond donors (Lipinski definition) is 0. The van der Waals surface area contributed by atoms with Crippen molar-refractivity contribution in [2.45, 2.75) is 129 Å². The summed E-state index contributed by atoms with van der Waals surface area (Å²) in [4.78, 5) is 0. The quantitative estimate of drug-likeness (QED) is 0.221. The molecule has 9 atom stereocenters. The fourth-order valence-corrected chi connectivity index (χ4v) is 11.6. The zero-order chi connectivity index (χ0) is 22.1. The van der Waals surface area contributed by atoms with Gasteiger partial charge < -0.3 is 4.74 Å². The molecule has 0 aromatic carbocycles. The van der Waals surface area contributed by atoms with Crippen LogP contribution in [0.4, 0.5) is 0 Å². The zero-order valence-corrected chi connectivity index (χ0v) is 22.8. The Balaban J connectivity index is 1.27. The minimum atomic E-state index is 0.262. The van der Waals surface area contributed by atoms with Gasteiger partial charge in [0.2, 0.25) is 0 Å². The molecule has 178 valence electrons. The van der Waals surface area contributed by atoms with E-state index in [9.17, 15) is 0 Å². The SMILES string of the molecule is CSSC1CCC2(C)C3CCC4(C)C(CCCCC(C)(C)C)CCC4C3CC3OC32C1. The van der Waals surface area contributed by atoms with Crippen LogP contribution < -0.4 is 0 Å². The van der Waals surface area contributed by atoms with E-state index >= 15 is 0 Å². The minimum absolute atomic E-state index is 0.262.